The smallest absolute Gasteiger partial charge is 0.243 e. The Morgan fingerprint density at radius 2 is 1.82 bits per heavy atom. The zero-order valence-corrected chi connectivity index (χ0v) is 20.9. The zero-order valence-electron chi connectivity index (χ0n) is 17.8. The van der Waals surface area contributed by atoms with Crippen LogP contribution >= 0.6 is 34.8 Å². The molecule has 1 atom stereocenters. The van der Waals surface area contributed by atoms with Crippen LogP contribution in [0, 0.1) is 5.82 Å². The number of nitrogens with zero attached hydrogens (tertiary/aromatic N) is 2. The fraction of sp³-hybridized carbons (Fsp3) is 0.174. The van der Waals surface area contributed by atoms with E-state index < -0.39 is 20.7 Å². The Morgan fingerprint density at radius 1 is 1.09 bits per heavy atom. The lowest BCUT2D eigenvalue weighted by atomic mass is 10.0. The van der Waals surface area contributed by atoms with Crippen molar-refractivity contribution in [2.24, 2.45) is 5.10 Å². The summed E-state index contributed by atoms with van der Waals surface area (Å²) in [6.45, 7) is -0.122. The highest BCUT2D eigenvalue weighted by molar-refractivity contribution is 7.89. The van der Waals surface area contributed by atoms with E-state index in [1.807, 2.05) is 24.3 Å². The minimum atomic E-state index is -4.16. The summed E-state index contributed by atoms with van der Waals surface area (Å²) in [6.07, 6.45) is 0.409. The average molecular weight is 543 g/mol. The number of anilines is 1. The van der Waals surface area contributed by atoms with Crippen molar-refractivity contribution < 1.29 is 17.5 Å². The van der Waals surface area contributed by atoms with Crippen molar-refractivity contribution >= 4 is 56.2 Å². The lowest BCUT2D eigenvalue weighted by molar-refractivity contribution is 0.414. The van der Waals surface area contributed by atoms with E-state index in [0.717, 1.165) is 11.6 Å². The third-order valence-corrected chi connectivity index (χ3v) is 7.55. The number of rotatable bonds is 7. The number of methoxy groups -OCH3 is 1. The van der Waals surface area contributed by atoms with Crippen LogP contribution in [0.5, 0.6) is 5.75 Å². The molecule has 11 heteroatoms. The number of ether oxygens (including phenoxy) is 1. The van der Waals surface area contributed by atoms with Crippen molar-refractivity contribution in [3.05, 3.63) is 87.1 Å². The quantitative estimate of drug-likeness (QED) is 0.393. The molecule has 0 amide bonds. The molecule has 0 saturated heterocycles. The Bertz CT molecular complexity index is 1350. The van der Waals surface area contributed by atoms with Crippen LogP contribution in [0.15, 0.2) is 70.7 Å². The van der Waals surface area contributed by atoms with Gasteiger partial charge in [-0.1, -0.05) is 53.0 Å². The highest BCUT2D eigenvalue weighted by atomic mass is 35.5. The molecular formula is C23H19Cl3FN3O3S. The maximum atomic E-state index is 14.3. The van der Waals surface area contributed by atoms with Crippen molar-refractivity contribution in [1.29, 1.82) is 0 Å². The van der Waals surface area contributed by atoms with Crippen LogP contribution in [0.4, 0.5) is 10.1 Å². The summed E-state index contributed by atoms with van der Waals surface area (Å²) in [5, 5.41) is 6.96. The predicted molar refractivity (Wildman–Crippen MR) is 133 cm³/mol. The molecule has 0 radical (unpaired) electrons. The van der Waals surface area contributed by atoms with Gasteiger partial charge in [0, 0.05) is 11.4 Å². The summed E-state index contributed by atoms with van der Waals surface area (Å²) in [5.41, 5.74) is 2.08. The van der Waals surface area contributed by atoms with E-state index >= 15 is 0 Å². The predicted octanol–water partition coefficient (Wildman–Crippen LogP) is 6.08. The third-order valence-electron chi connectivity index (χ3n) is 5.30. The molecule has 6 nitrogen and oxygen atoms in total. The van der Waals surface area contributed by atoms with Gasteiger partial charge in [0.15, 0.2) is 5.82 Å². The highest BCUT2D eigenvalue weighted by Crippen LogP contribution is 2.40. The van der Waals surface area contributed by atoms with Gasteiger partial charge in [-0.05, 0) is 48.0 Å². The Kier molecular flexibility index (Phi) is 7.35. The molecule has 0 fully saturated rings. The Morgan fingerprint density at radius 3 is 2.50 bits per heavy atom. The summed E-state index contributed by atoms with van der Waals surface area (Å²) < 4.78 is 47.3. The molecule has 1 heterocycles. The minimum absolute atomic E-state index is 0.122. The lowest BCUT2D eigenvalue weighted by Crippen LogP contribution is -2.30. The molecule has 4 rings (SSSR count). The van der Waals surface area contributed by atoms with Gasteiger partial charge in [0.05, 0.1) is 41.1 Å². The van der Waals surface area contributed by atoms with Gasteiger partial charge < -0.3 is 4.74 Å². The van der Waals surface area contributed by atoms with E-state index in [-0.39, 0.29) is 17.6 Å². The maximum absolute atomic E-state index is 14.3. The van der Waals surface area contributed by atoms with Crippen molar-refractivity contribution in [1.82, 2.24) is 4.72 Å². The lowest BCUT2D eigenvalue weighted by Gasteiger charge is -2.25. The van der Waals surface area contributed by atoms with Crippen LogP contribution in [0.1, 0.15) is 18.0 Å². The molecule has 0 saturated carbocycles. The maximum Gasteiger partial charge on any atom is 0.243 e. The largest absolute Gasteiger partial charge is 0.497 e. The summed E-state index contributed by atoms with van der Waals surface area (Å²) in [5.74, 6) is -0.300. The Hall–Kier alpha value is -2.36. The molecule has 0 aromatic heterocycles. The van der Waals surface area contributed by atoms with Crippen molar-refractivity contribution in [3.8, 4) is 5.75 Å². The second-order valence-electron chi connectivity index (χ2n) is 7.48. The molecule has 0 spiro atoms. The fourth-order valence-electron chi connectivity index (χ4n) is 3.60. The van der Waals surface area contributed by atoms with Crippen LogP contribution in [-0.4, -0.2) is 27.8 Å². The first-order valence-electron chi connectivity index (χ1n) is 10.1. The molecule has 3 aromatic carbocycles. The van der Waals surface area contributed by atoms with Gasteiger partial charge in [-0.15, -0.1) is 0 Å². The number of nitrogens with one attached hydrogen (secondary N) is 1. The Balaban J connectivity index is 1.63. The van der Waals surface area contributed by atoms with Gasteiger partial charge in [0.2, 0.25) is 10.0 Å². The average Bonchev–Trinajstić information content (AvgIpc) is 3.23. The standard InChI is InChI=1S/C23H19Cl3FN3O3S/c1-33-17-8-5-14(6-9-17)21-12-16(29-30(21)20-10-7-15(24)11-19(20)26)13-28-34(31,32)22-4-2-3-18(25)23(22)27/h2-11,21,28H,12-13H2,1H3. The number of hydrogen-bond acceptors (Lipinski definition) is 5. The third kappa shape index (κ3) is 5.16. The first-order chi connectivity index (χ1) is 16.2. The van der Waals surface area contributed by atoms with Crippen LogP contribution in [0.25, 0.3) is 0 Å². The van der Waals surface area contributed by atoms with Crippen LogP contribution in [-0.2, 0) is 10.0 Å². The molecule has 3 aromatic rings. The van der Waals surface area contributed by atoms with Gasteiger partial charge in [0.1, 0.15) is 10.6 Å². The SMILES string of the molecule is COc1ccc(C2CC(CNS(=O)(=O)c3cccc(Cl)c3F)=NN2c2ccc(Cl)cc2Cl)cc1. The number of hydrazone groups is 1. The van der Waals surface area contributed by atoms with Gasteiger partial charge in [-0.25, -0.2) is 17.5 Å². The van der Waals surface area contributed by atoms with E-state index in [4.69, 9.17) is 39.5 Å². The zero-order chi connectivity index (χ0) is 24.5. The van der Waals surface area contributed by atoms with Crippen LogP contribution in [0.2, 0.25) is 15.1 Å². The molecule has 0 bridgehead atoms. The minimum Gasteiger partial charge on any atom is -0.497 e. The topological polar surface area (TPSA) is 71.0 Å². The molecule has 34 heavy (non-hydrogen) atoms. The van der Waals surface area contributed by atoms with Crippen LogP contribution in [0.3, 0.4) is 0 Å². The molecular weight excluding hydrogens is 524 g/mol. The van der Waals surface area contributed by atoms with Crippen LogP contribution < -0.4 is 14.5 Å². The van der Waals surface area contributed by atoms with E-state index in [1.54, 1.807) is 30.3 Å². The molecule has 178 valence electrons. The summed E-state index contributed by atoms with van der Waals surface area (Å²) in [4.78, 5) is -0.525. The molecule has 0 aliphatic carbocycles. The Labute approximate surface area is 211 Å². The summed E-state index contributed by atoms with van der Waals surface area (Å²) in [6, 6.07) is 16.1. The van der Waals surface area contributed by atoms with E-state index in [1.165, 1.54) is 12.1 Å². The number of benzene rings is 3. The summed E-state index contributed by atoms with van der Waals surface area (Å²) in [7, 11) is -2.57. The van der Waals surface area contributed by atoms with Crippen molar-refractivity contribution in [2.45, 2.75) is 17.4 Å². The van der Waals surface area contributed by atoms with Gasteiger partial charge in [-0.2, -0.15) is 5.10 Å². The van der Waals surface area contributed by atoms with Gasteiger partial charge in [-0.3, -0.25) is 5.01 Å². The second kappa shape index (κ2) is 10.1. The number of sulfonamides is 1. The van der Waals surface area contributed by atoms with Crippen molar-refractivity contribution in [2.75, 3.05) is 18.7 Å². The second-order valence-corrected chi connectivity index (χ2v) is 10.5. The van der Waals surface area contributed by atoms with E-state index in [2.05, 4.69) is 9.82 Å². The van der Waals surface area contributed by atoms with Gasteiger partial charge >= 0.3 is 0 Å². The first kappa shape index (κ1) is 24.8. The normalized spacial score (nSPS) is 16.0. The fourth-order valence-corrected chi connectivity index (χ4v) is 5.44. The molecule has 1 aliphatic rings. The number of halogens is 4. The summed E-state index contributed by atoms with van der Waals surface area (Å²) >= 11 is 18.2. The molecule has 1 aliphatic heterocycles. The molecule has 1 N–H and O–H groups in total. The highest BCUT2D eigenvalue weighted by Gasteiger charge is 2.31. The van der Waals surface area contributed by atoms with E-state index in [9.17, 15) is 12.8 Å². The van der Waals surface area contributed by atoms with E-state index in [0.29, 0.717) is 33.6 Å². The monoisotopic (exact) mass is 541 g/mol. The first-order valence-corrected chi connectivity index (χ1v) is 12.7. The molecule has 1 unspecified atom stereocenters. The van der Waals surface area contributed by atoms with Gasteiger partial charge in [0.25, 0.3) is 0 Å². The number of hydrogen-bond donors (Lipinski definition) is 1. The van der Waals surface area contributed by atoms with Crippen molar-refractivity contribution in [3.63, 3.8) is 0 Å².